The van der Waals surface area contributed by atoms with Crippen LogP contribution in [0.25, 0.3) is 5.69 Å². The van der Waals surface area contributed by atoms with E-state index in [1.165, 1.54) is 0 Å². The monoisotopic (exact) mass is 313 g/mol. The quantitative estimate of drug-likeness (QED) is 0.942. The third kappa shape index (κ3) is 2.84. The fourth-order valence-corrected chi connectivity index (χ4v) is 2.81. The Bertz CT molecular complexity index is 751. The van der Waals surface area contributed by atoms with Gasteiger partial charge in [0.15, 0.2) is 0 Å². The van der Waals surface area contributed by atoms with Gasteiger partial charge in [-0.2, -0.15) is 5.10 Å². The highest BCUT2D eigenvalue weighted by atomic mass is 16.4. The summed E-state index contributed by atoms with van der Waals surface area (Å²) in [6, 6.07) is 9.10. The Balaban J connectivity index is 1.75. The largest absolute Gasteiger partial charge is 0.481 e. The second kappa shape index (κ2) is 5.53. The summed E-state index contributed by atoms with van der Waals surface area (Å²) in [4.78, 5) is 25.4. The van der Waals surface area contributed by atoms with Gasteiger partial charge in [-0.05, 0) is 50.6 Å². The van der Waals surface area contributed by atoms with Gasteiger partial charge in [-0.25, -0.2) is 4.68 Å². The van der Waals surface area contributed by atoms with Crippen molar-refractivity contribution in [3.63, 3.8) is 0 Å². The molecule has 0 saturated carbocycles. The summed E-state index contributed by atoms with van der Waals surface area (Å²) in [6.45, 7) is 4.33. The summed E-state index contributed by atoms with van der Waals surface area (Å²) in [6.07, 6.45) is 2.35. The Kier molecular flexibility index (Phi) is 3.67. The highest BCUT2D eigenvalue weighted by Crippen LogP contribution is 2.31. The van der Waals surface area contributed by atoms with Crippen molar-refractivity contribution in [2.45, 2.75) is 20.3 Å². The molecule has 1 unspecified atom stereocenters. The van der Waals surface area contributed by atoms with Gasteiger partial charge in [0.05, 0.1) is 16.8 Å². The summed E-state index contributed by atoms with van der Waals surface area (Å²) in [5, 5.41) is 13.6. The summed E-state index contributed by atoms with van der Waals surface area (Å²) >= 11 is 0. The summed E-state index contributed by atoms with van der Waals surface area (Å²) in [5.41, 5.74) is 1.52. The summed E-state index contributed by atoms with van der Waals surface area (Å²) in [7, 11) is 0. The number of amides is 1. The number of aromatic nitrogens is 2. The number of benzene rings is 1. The molecular weight excluding hydrogens is 294 g/mol. The molecule has 1 aromatic heterocycles. The number of aryl methyl sites for hydroxylation is 1. The normalized spacial score (nSPS) is 20.7. The first kappa shape index (κ1) is 15.3. The zero-order valence-electron chi connectivity index (χ0n) is 13.2. The smallest absolute Gasteiger partial charge is 0.311 e. The van der Waals surface area contributed by atoms with Crippen LogP contribution in [0.2, 0.25) is 0 Å². The lowest BCUT2D eigenvalue weighted by Crippen LogP contribution is -2.34. The van der Waals surface area contributed by atoms with Gasteiger partial charge in [0.2, 0.25) is 0 Å². The van der Waals surface area contributed by atoms with Crippen molar-refractivity contribution in [2.24, 2.45) is 5.41 Å². The van der Waals surface area contributed by atoms with Crippen LogP contribution in [0.15, 0.2) is 36.5 Å². The minimum absolute atomic E-state index is 0.127. The first-order chi connectivity index (χ1) is 10.9. The number of likely N-dealkylation sites (tertiary alicyclic amines) is 1. The fraction of sp³-hybridized carbons (Fsp3) is 0.353. The molecule has 2 heterocycles. The van der Waals surface area contributed by atoms with Crippen LogP contribution in [0, 0.1) is 12.3 Å². The van der Waals surface area contributed by atoms with Crippen LogP contribution in [-0.4, -0.2) is 44.8 Å². The number of nitrogens with zero attached hydrogens (tertiary/aromatic N) is 3. The van der Waals surface area contributed by atoms with Crippen LogP contribution in [0.4, 0.5) is 0 Å². The lowest BCUT2D eigenvalue weighted by molar-refractivity contribution is -0.147. The molecule has 3 rings (SSSR count). The topological polar surface area (TPSA) is 75.4 Å². The molecule has 0 bridgehead atoms. The molecule has 1 saturated heterocycles. The maximum Gasteiger partial charge on any atom is 0.311 e. The van der Waals surface area contributed by atoms with E-state index in [0.29, 0.717) is 18.5 Å². The molecule has 1 aliphatic heterocycles. The molecule has 23 heavy (non-hydrogen) atoms. The van der Waals surface area contributed by atoms with Gasteiger partial charge in [-0.1, -0.05) is 0 Å². The van der Waals surface area contributed by atoms with E-state index >= 15 is 0 Å². The molecule has 1 N–H and O–H groups in total. The molecule has 120 valence electrons. The Morgan fingerprint density at radius 3 is 2.43 bits per heavy atom. The van der Waals surface area contributed by atoms with Crippen LogP contribution in [0.5, 0.6) is 0 Å². The molecule has 0 radical (unpaired) electrons. The molecule has 2 aromatic rings. The average molecular weight is 313 g/mol. The van der Waals surface area contributed by atoms with Gasteiger partial charge in [-0.15, -0.1) is 0 Å². The maximum absolute atomic E-state index is 12.5. The second-order valence-corrected chi connectivity index (χ2v) is 6.29. The molecular formula is C17H19N3O3. The Labute approximate surface area is 134 Å². The van der Waals surface area contributed by atoms with Gasteiger partial charge in [-0.3, -0.25) is 9.59 Å². The Hall–Kier alpha value is -2.63. The minimum Gasteiger partial charge on any atom is -0.481 e. The number of hydrogen-bond acceptors (Lipinski definition) is 3. The average Bonchev–Trinajstić information content (AvgIpc) is 3.14. The van der Waals surface area contributed by atoms with Crippen LogP contribution in [0.3, 0.4) is 0 Å². The van der Waals surface area contributed by atoms with E-state index < -0.39 is 11.4 Å². The number of carboxylic acid groups (broad SMARTS) is 1. The molecule has 6 heteroatoms. The molecule has 1 aliphatic rings. The molecule has 1 amide bonds. The van der Waals surface area contributed by atoms with E-state index in [9.17, 15) is 14.7 Å². The predicted molar refractivity (Wildman–Crippen MR) is 84.6 cm³/mol. The molecule has 1 atom stereocenters. The van der Waals surface area contributed by atoms with Gasteiger partial charge < -0.3 is 10.0 Å². The van der Waals surface area contributed by atoms with E-state index in [1.54, 1.807) is 28.6 Å². The van der Waals surface area contributed by atoms with Crippen molar-refractivity contribution in [1.82, 2.24) is 14.7 Å². The van der Waals surface area contributed by atoms with E-state index in [4.69, 9.17) is 0 Å². The van der Waals surface area contributed by atoms with Crippen molar-refractivity contribution in [3.05, 3.63) is 47.8 Å². The maximum atomic E-state index is 12.5. The highest BCUT2D eigenvalue weighted by molar-refractivity contribution is 5.95. The minimum atomic E-state index is -0.850. The lowest BCUT2D eigenvalue weighted by Gasteiger charge is -2.20. The molecule has 1 aromatic carbocycles. The zero-order valence-corrected chi connectivity index (χ0v) is 13.2. The van der Waals surface area contributed by atoms with E-state index in [0.717, 1.165) is 11.4 Å². The van der Waals surface area contributed by atoms with Crippen molar-refractivity contribution < 1.29 is 14.7 Å². The molecule has 0 aliphatic carbocycles. The number of hydrogen-bond donors (Lipinski definition) is 1. The predicted octanol–water partition coefficient (Wildman–Crippen LogP) is 2.12. The van der Waals surface area contributed by atoms with Crippen LogP contribution in [-0.2, 0) is 4.79 Å². The zero-order chi connectivity index (χ0) is 16.6. The van der Waals surface area contributed by atoms with Crippen molar-refractivity contribution in [3.8, 4) is 5.69 Å². The van der Waals surface area contributed by atoms with E-state index in [2.05, 4.69) is 5.10 Å². The standard InChI is InChI=1S/C17H19N3O3/c1-12-7-9-20(18-12)14-5-3-13(4-6-14)15(21)19-10-8-17(2,11-19)16(22)23/h3-7,9H,8,10-11H2,1-2H3,(H,22,23). The second-order valence-electron chi connectivity index (χ2n) is 6.29. The first-order valence-electron chi connectivity index (χ1n) is 7.54. The van der Waals surface area contributed by atoms with Crippen molar-refractivity contribution >= 4 is 11.9 Å². The Morgan fingerprint density at radius 1 is 1.22 bits per heavy atom. The number of rotatable bonds is 3. The van der Waals surface area contributed by atoms with Crippen LogP contribution in [0.1, 0.15) is 29.4 Å². The number of aliphatic carboxylic acids is 1. The number of carbonyl (C=O) groups is 2. The lowest BCUT2D eigenvalue weighted by atomic mass is 9.90. The summed E-state index contributed by atoms with van der Waals surface area (Å²) in [5.74, 6) is -0.977. The van der Waals surface area contributed by atoms with Crippen LogP contribution >= 0.6 is 0 Å². The van der Waals surface area contributed by atoms with E-state index in [-0.39, 0.29) is 12.5 Å². The molecule has 6 nitrogen and oxygen atoms in total. The van der Waals surface area contributed by atoms with E-state index in [1.807, 2.05) is 31.3 Å². The van der Waals surface area contributed by atoms with Crippen molar-refractivity contribution in [1.29, 1.82) is 0 Å². The molecule has 1 fully saturated rings. The van der Waals surface area contributed by atoms with Gasteiger partial charge in [0.25, 0.3) is 5.91 Å². The summed E-state index contributed by atoms with van der Waals surface area (Å²) < 4.78 is 1.75. The Morgan fingerprint density at radius 2 is 1.91 bits per heavy atom. The first-order valence-corrected chi connectivity index (χ1v) is 7.54. The van der Waals surface area contributed by atoms with Crippen LogP contribution < -0.4 is 0 Å². The van der Waals surface area contributed by atoms with Gasteiger partial charge in [0.1, 0.15) is 0 Å². The van der Waals surface area contributed by atoms with Gasteiger partial charge in [0, 0.05) is 24.8 Å². The SMILES string of the molecule is Cc1ccn(-c2ccc(C(=O)N3CCC(C)(C(=O)O)C3)cc2)n1. The number of carbonyl (C=O) groups excluding carboxylic acids is 1. The third-order valence-electron chi connectivity index (χ3n) is 4.38. The fourth-order valence-electron chi connectivity index (χ4n) is 2.81. The third-order valence-corrected chi connectivity index (χ3v) is 4.38. The van der Waals surface area contributed by atoms with Crippen molar-refractivity contribution in [2.75, 3.05) is 13.1 Å². The highest BCUT2D eigenvalue weighted by Gasteiger charge is 2.42. The molecule has 0 spiro atoms. The van der Waals surface area contributed by atoms with Gasteiger partial charge >= 0.3 is 5.97 Å². The number of carboxylic acids is 1.